The fraction of sp³-hybridized carbons (Fsp3) is 0.0909. The summed E-state index contributed by atoms with van der Waals surface area (Å²) in [5, 5.41) is 0.713. The third-order valence-corrected chi connectivity index (χ3v) is 4.39. The largest absolute Gasteiger partial charge is 0.382 e. The number of rotatable bonds is 2. The maximum absolute atomic E-state index is 11.7. The zero-order valence-electron chi connectivity index (χ0n) is 9.65. The molecule has 0 saturated heterocycles. The minimum Gasteiger partial charge on any atom is -0.382 e. The molecule has 2 aromatic rings. The molecule has 3 rings (SSSR count). The van der Waals surface area contributed by atoms with Crippen LogP contribution in [0.25, 0.3) is 10.8 Å². The van der Waals surface area contributed by atoms with Crippen LogP contribution in [0.3, 0.4) is 0 Å². The van der Waals surface area contributed by atoms with E-state index in [1.165, 1.54) is 18.2 Å². The summed E-state index contributed by atoms with van der Waals surface area (Å²) in [6, 6.07) is 7.22. The molecule has 1 aliphatic heterocycles. The van der Waals surface area contributed by atoms with E-state index in [0.717, 1.165) is 6.26 Å². The van der Waals surface area contributed by atoms with Crippen LogP contribution in [-0.4, -0.2) is 23.1 Å². The molecular weight excluding hydrogens is 292 g/mol. The van der Waals surface area contributed by atoms with Crippen LogP contribution in [0.2, 0.25) is 0 Å². The molecule has 1 aliphatic rings. The smallest absolute Gasteiger partial charge is 0.340 e. The van der Waals surface area contributed by atoms with Gasteiger partial charge in [-0.2, -0.15) is 16.8 Å². The summed E-state index contributed by atoms with van der Waals surface area (Å²) in [7, 11) is -7.52. The summed E-state index contributed by atoms with van der Waals surface area (Å²) in [4.78, 5) is 0.0129. The van der Waals surface area contributed by atoms with E-state index in [0.29, 0.717) is 10.8 Å². The number of hydrogen-bond donors (Lipinski definition) is 0. The van der Waals surface area contributed by atoms with Crippen LogP contribution in [0.4, 0.5) is 0 Å². The lowest BCUT2D eigenvalue weighted by molar-refractivity contribution is 0.495. The summed E-state index contributed by atoms with van der Waals surface area (Å²) in [6.45, 7) is 0. The molecule has 19 heavy (non-hydrogen) atoms. The van der Waals surface area contributed by atoms with E-state index in [-0.39, 0.29) is 16.4 Å². The second-order valence-electron chi connectivity index (χ2n) is 4.07. The van der Waals surface area contributed by atoms with E-state index < -0.39 is 20.2 Å². The van der Waals surface area contributed by atoms with Gasteiger partial charge in [0, 0.05) is 5.39 Å². The standard InChI is InChI=1S/C11H8O6S2/c1-18(12,13)16-8-5-6-10-11-7(8)3-2-4-9(11)17-19(10,14)15/h2-6H,1H3. The molecule has 100 valence electrons. The monoisotopic (exact) mass is 300 g/mol. The van der Waals surface area contributed by atoms with Gasteiger partial charge in [0.15, 0.2) is 11.5 Å². The summed E-state index contributed by atoms with van der Waals surface area (Å²) in [6.07, 6.45) is 0.920. The first-order valence-electron chi connectivity index (χ1n) is 5.18. The molecule has 0 radical (unpaired) electrons. The van der Waals surface area contributed by atoms with Crippen LogP contribution in [-0.2, 0) is 20.2 Å². The molecule has 0 aromatic heterocycles. The van der Waals surface area contributed by atoms with Gasteiger partial charge in [-0.1, -0.05) is 12.1 Å². The predicted molar refractivity (Wildman–Crippen MR) is 67.2 cm³/mol. The summed E-state index contributed by atoms with van der Waals surface area (Å²) < 4.78 is 55.6. The average Bonchev–Trinajstić information content (AvgIpc) is 2.53. The summed E-state index contributed by atoms with van der Waals surface area (Å²) in [5.41, 5.74) is 0. The van der Waals surface area contributed by atoms with Gasteiger partial charge in [0.25, 0.3) is 0 Å². The minimum absolute atomic E-state index is 0.0129. The van der Waals surface area contributed by atoms with E-state index in [1.807, 2.05) is 0 Å². The summed E-state index contributed by atoms with van der Waals surface area (Å²) >= 11 is 0. The maximum atomic E-state index is 11.7. The molecule has 0 unspecified atom stereocenters. The lowest BCUT2D eigenvalue weighted by Crippen LogP contribution is -2.06. The van der Waals surface area contributed by atoms with Crippen molar-refractivity contribution in [2.24, 2.45) is 0 Å². The Labute approximate surface area is 109 Å². The molecule has 8 heteroatoms. The number of hydrogen-bond acceptors (Lipinski definition) is 6. The zero-order valence-corrected chi connectivity index (χ0v) is 11.3. The van der Waals surface area contributed by atoms with Crippen molar-refractivity contribution in [3.05, 3.63) is 30.3 Å². The van der Waals surface area contributed by atoms with Gasteiger partial charge in [0.2, 0.25) is 0 Å². The van der Waals surface area contributed by atoms with E-state index in [9.17, 15) is 16.8 Å². The molecule has 1 heterocycles. The van der Waals surface area contributed by atoms with E-state index in [2.05, 4.69) is 0 Å². The van der Waals surface area contributed by atoms with Crippen molar-refractivity contribution in [2.45, 2.75) is 4.90 Å². The number of benzene rings is 2. The highest BCUT2D eigenvalue weighted by Crippen LogP contribution is 2.43. The van der Waals surface area contributed by atoms with Gasteiger partial charge in [-0.3, -0.25) is 0 Å². The Bertz CT molecular complexity index is 896. The minimum atomic E-state index is -3.82. The first-order valence-corrected chi connectivity index (χ1v) is 8.40. The molecule has 0 aliphatic carbocycles. The van der Waals surface area contributed by atoms with Crippen LogP contribution in [0.1, 0.15) is 0 Å². The Hall–Kier alpha value is -1.80. The van der Waals surface area contributed by atoms with Crippen molar-refractivity contribution in [1.29, 1.82) is 0 Å². The van der Waals surface area contributed by atoms with Gasteiger partial charge in [0.1, 0.15) is 4.90 Å². The Balaban J connectivity index is 2.38. The Morgan fingerprint density at radius 2 is 1.89 bits per heavy atom. The highest BCUT2D eigenvalue weighted by molar-refractivity contribution is 7.87. The fourth-order valence-electron chi connectivity index (χ4n) is 1.99. The van der Waals surface area contributed by atoms with Gasteiger partial charge in [-0.25, -0.2) is 0 Å². The van der Waals surface area contributed by atoms with Gasteiger partial charge >= 0.3 is 20.2 Å². The van der Waals surface area contributed by atoms with E-state index in [4.69, 9.17) is 8.37 Å². The molecule has 0 saturated carbocycles. The van der Waals surface area contributed by atoms with Crippen molar-refractivity contribution >= 4 is 31.0 Å². The van der Waals surface area contributed by atoms with Crippen LogP contribution in [0.15, 0.2) is 35.2 Å². The van der Waals surface area contributed by atoms with Crippen molar-refractivity contribution < 1.29 is 25.2 Å². The van der Waals surface area contributed by atoms with Crippen molar-refractivity contribution in [3.8, 4) is 11.5 Å². The zero-order chi connectivity index (χ0) is 13.8. The van der Waals surface area contributed by atoms with Gasteiger partial charge in [-0.15, -0.1) is 0 Å². The third-order valence-electron chi connectivity index (χ3n) is 2.63. The second kappa shape index (κ2) is 3.61. The molecule has 0 bridgehead atoms. The first-order chi connectivity index (χ1) is 8.78. The van der Waals surface area contributed by atoms with Crippen LogP contribution in [0, 0.1) is 0 Å². The van der Waals surface area contributed by atoms with Crippen molar-refractivity contribution in [3.63, 3.8) is 0 Å². The van der Waals surface area contributed by atoms with Crippen LogP contribution in [0.5, 0.6) is 11.5 Å². The van der Waals surface area contributed by atoms with Crippen LogP contribution < -0.4 is 8.37 Å². The molecule has 0 fully saturated rings. The maximum Gasteiger partial charge on any atom is 0.340 e. The average molecular weight is 300 g/mol. The van der Waals surface area contributed by atoms with Crippen molar-refractivity contribution in [2.75, 3.05) is 6.26 Å². The van der Waals surface area contributed by atoms with Crippen LogP contribution >= 0.6 is 0 Å². The van der Waals surface area contributed by atoms with Gasteiger partial charge in [-0.05, 0) is 18.2 Å². The first kappa shape index (κ1) is 12.2. The highest BCUT2D eigenvalue weighted by atomic mass is 32.2. The molecule has 6 nitrogen and oxygen atoms in total. The highest BCUT2D eigenvalue weighted by Gasteiger charge is 2.31. The summed E-state index contributed by atoms with van der Waals surface area (Å²) in [5.74, 6) is 0.246. The van der Waals surface area contributed by atoms with Gasteiger partial charge in [0.05, 0.1) is 11.6 Å². The Morgan fingerprint density at radius 3 is 2.58 bits per heavy atom. The lowest BCUT2D eigenvalue weighted by atomic mass is 10.1. The molecule has 0 atom stereocenters. The molecule has 0 amide bonds. The van der Waals surface area contributed by atoms with Gasteiger partial charge < -0.3 is 8.37 Å². The molecule has 2 aromatic carbocycles. The fourth-order valence-corrected chi connectivity index (χ4v) is 3.62. The molecule has 0 spiro atoms. The Morgan fingerprint density at radius 1 is 1.16 bits per heavy atom. The quantitative estimate of drug-likeness (QED) is 0.776. The van der Waals surface area contributed by atoms with E-state index >= 15 is 0 Å². The third kappa shape index (κ3) is 1.92. The topological polar surface area (TPSA) is 86.7 Å². The predicted octanol–water partition coefficient (Wildman–Crippen LogP) is 1.26. The molecule has 0 N–H and O–H groups in total. The second-order valence-corrected chi connectivity index (χ2v) is 7.16. The molecular formula is C11H8O6S2. The lowest BCUT2D eigenvalue weighted by Gasteiger charge is -2.06. The Kier molecular flexibility index (Phi) is 2.33. The SMILES string of the molecule is CS(=O)(=O)Oc1ccc2c3c(cccc13)OS2(=O)=O. The normalized spacial score (nSPS) is 16.3. The van der Waals surface area contributed by atoms with E-state index in [1.54, 1.807) is 12.1 Å². The van der Waals surface area contributed by atoms with Crippen molar-refractivity contribution in [1.82, 2.24) is 0 Å².